The molecule has 0 saturated carbocycles. The summed E-state index contributed by atoms with van der Waals surface area (Å²) >= 11 is 0. The number of piperidine rings is 1. The Hall–Kier alpha value is -3.17. The zero-order valence-electron chi connectivity index (χ0n) is 15.2. The highest BCUT2D eigenvalue weighted by Gasteiger charge is 2.26. The molecule has 0 unspecified atom stereocenters. The van der Waals surface area contributed by atoms with Crippen molar-refractivity contribution in [2.24, 2.45) is 5.92 Å². The van der Waals surface area contributed by atoms with Crippen molar-refractivity contribution in [2.45, 2.75) is 26.3 Å². The molecule has 0 spiro atoms. The van der Waals surface area contributed by atoms with E-state index in [1.54, 1.807) is 16.5 Å². The maximum atomic E-state index is 13.4. The van der Waals surface area contributed by atoms with Crippen molar-refractivity contribution in [3.8, 4) is 0 Å². The van der Waals surface area contributed by atoms with E-state index < -0.39 is 11.6 Å². The number of aromatic amines is 1. The van der Waals surface area contributed by atoms with Gasteiger partial charge in [0, 0.05) is 25.2 Å². The first-order valence-corrected chi connectivity index (χ1v) is 8.97. The Bertz CT molecular complexity index is 1110. The first-order valence-electron chi connectivity index (χ1n) is 8.97. The SMILES string of the molecule is Cc1nc2c(nnn2C[C@@H]2CCCN(C(=O)c3ccc(F)c(F)c3)C2)c(=O)[nH]1. The number of H-pyrrole nitrogens is 1. The summed E-state index contributed by atoms with van der Waals surface area (Å²) < 4.78 is 28.1. The van der Waals surface area contributed by atoms with Gasteiger partial charge in [0.1, 0.15) is 5.82 Å². The lowest BCUT2D eigenvalue weighted by Gasteiger charge is -2.32. The van der Waals surface area contributed by atoms with Crippen molar-refractivity contribution in [3.63, 3.8) is 0 Å². The number of aryl methyl sites for hydroxylation is 1. The van der Waals surface area contributed by atoms with Crippen LogP contribution in [-0.4, -0.2) is 48.9 Å². The predicted molar refractivity (Wildman–Crippen MR) is 95.7 cm³/mol. The summed E-state index contributed by atoms with van der Waals surface area (Å²) in [5, 5.41) is 7.92. The Morgan fingerprint density at radius 2 is 2.14 bits per heavy atom. The molecule has 28 heavy (non-hydrogen) atoms. The zero-order valence-corrected chi connectivity index (χ0v) is 15.2. The largest absolute Gasteiger partial charge is 0.338 e. The second-order valence-electron chi connectivity index (χ2n) is 6.98. The third-order valence-corrected chi connectivity index (χ3v) is 4.90. The van der Waals surface area contributed by atoms with Crippen LogP contribution < -0.4 is 5.56 Å². The van der Waals surface area contributed by atoms with Crippen LogP contribution in [0.3, 0.4) is 0 Å². The van der Waals surface area contributed by atoms with E-state index in [4.69, 9.17) is 0 Å². The number of hydrogen-bond donors (Lipinski definition) is 1. The number of fused-ring (bicyclic) bond motifs is 1. The Labute approximate surface area is 158 Å². The molecule has 0 aliphatic carbocycles. The first kappa shape index (κ1) is 18.2. The highest BCUT2D eigenvalue weighted by molar-refractivity contribution is 5.94. The van der Waals surface area contributed by atoms with E-state index in [-0.39, 0.29) is 28.5 Å². The van der Waals surface area contributed by atoms with Crippen LogP contribution in [0.15, 0.2) is 23.0 Å². The minimum atomic E-state index is -1.04. The minimum absolute atomic E-state index is 0.0780. The molecule has 146 valence electrons. The van der Waals surface area contributed by atoms with Gasteiger partial charge in [-0.3, -0.25) is 9.59 Å². The Kier molecular flexibility index (Phi) is 4.62. The summed E-state index contributed by atoms with van der Waals surface area (Å²) in [6.07, 6.45) is 1.64. The molecule has 3 heterocycles. The lowest BCUT2D eigenvalue weighted by atomic mass is 9.97. The van der Waals surface area contributed by atoms with Crippen molar-refractivity contribution in [1.29, 1.82) is 0 Å². The Balaban J connectivity index is 1.52. The van der Waals surface area contributed by atoms with Gasteiger partial charge in [-0.25, -0.2) is 18.4 Å². The molecular formula is C18H18F2N6O2. The van der Waals surface area contributed by atoms with Gasteiger partial charge in [0.15, 0.2) is 22.8 Å². The van der Waals surface area contributed by atoms with Crippen LogP contribution in [0.4, 0.5) is 8.78 Å². The molecule has 1 N–H and O–H groups in total. The number of amides is 1. The third-order valence-electron chi connectivity index (χ3n) is 4.90. The highest BCUT2D eigenvalue weighted by atomic mass is 19.2. The normalized spacial score (nSPS) is 17.2. The number of carbonyl (C=O) groups excluding carboxylic acids is 1. The fourth-order valence-electron chi connectivity index (χ4n) is 3.55. The minimum Gasteiger partial charge on any atom is -0.338 e. The smallest absolute Gasteiger partial charge is 0.281 e. The van der Waals surface area contributed by atoms with Crippen LogP contribution in [0.25, 0.3) is 11.2 Å². The van der Waals surface area contributed by atoms with E-state index in [0.717, 1.165) is 25.0 Å². The molecule has 0 radical (unpaired) electrons. The number of nitrogens with one attached hydrogen (secondary N) is 1. The van der Waals surface area contributed by atoms with Gasteiger partial charge in [0.05, 0.1) is 0 Å². The summed E-state index contributed by atoms with van der Waals surface area (Å²) in [6, 6.07) is 3.16. The van der Waals surface area contributed by atoms with E-state index in [1.807, 2.05) is 0 Å². The van der Waals surface area contributed by atoms with Crippen molar-refractivity contribution in [1.82, 2.24) is 29.9 Å². The molecule has 8 nitrogen and oxygen atoms in total. The molecular weight excluding hydrogens is 370 g/mol. The van der Waals surface area contributed by atoms with Crippen LogP contribution in [0, 0.1) is 24.5 Å². The fraction of sp³-hybridized carbons (Fsp3) is 0.389. The van der Waals surface area contributed by atoms with Gasteiger partial charge in [-0.15, -0.1) is 5.10 Å². The maximum Gasteiger partial charge on any atom is 0.281 e. The molecule has 1 aliphatic rings. The van der Waals surface area contributed by atoms with Gasteiger partial charge in [0.25, 0.3) is 11.5 Å². The number of carbonyl (C=O) groups is 1. The molecule has 1 saturated heterocycles. The second kappa shape index (κ2) is 7.10. The average molecular weight is 388 g/mol. The standard InChI is InChI=1S/C18H18F2N6O2/c1-10-21-16-15(17(27)22-10)23-24-26(16)9-11-3-2-6-25(8-11)18(28)12-4-5-13(19)14(20)7-12/h4-5,7,11H,2-3,6,8-9H2,1H3,(H,21,22,27)/t11-/m1/s1. The van der Waals surface area contributed by atoms with E-state index in [9.17, 15) is 18.4 Å². The van der Waals surface area contributed by atoms with Crippen molar-refractivity contribution >= 4 is 17.1 Å². The lowest BCUT2D eigenvalue weighted by Crippen LogP contribution is -2.41. The van der Waals surface area contributed by atoms with Crippen molar-refractivity contribution < 1.29 is 13.6 Å². The van der Waals surface area contributed by atoms with Gasteiger partial charge in [-0.2, -0.15) is 0 Å². The van der Waals surface area contributed by atoms with E-state index in [0.29, 0.717) is 31.1 Å². The quantitative estimate of drug-likeness (QED) is 0.736. The molecule has 0 bridgehead atoms. The number of halogens is 2. The average Bonchev–Trinajstić information content (AvgIpc) is 3.06. The molecule has 1 amide bonds. The number of likely N-dealkylation sites (tertiary alicyclic amines) is 1. The molecule has 10 heteroatoms. The van der Waals surface area contributed by atoms with Crippen LogP contribution in [-0.2, 0) is 6.54 Å². The van der Waals surface area contributed by atoms with E-state index >= 15 is 0 Å². The number of benzene rings is 1. The molecule has 2 aromatic heterocycles. The highest BCUT2D eigenvalue weighted by Crippen LogP contribution is 2.21. The van der Waals surface area contributed by atoms with Crippen LogP contribution in [0.2, 0.25) is 0 Å². The Morgan fingerprint density at radius 3 is 2.93 bits per heavy atom. The van der Waals surface area contributed by atoms with Gasteiger partial charge < -0.3 is 9.88 Å². The van der Waals surface area contributed by atoms with E-state index in [1.165, 1.54) is 6.07 Å². The third kappa shape index (κ3) is 3.37. The number of rotatable bonds is 3. The number of nitrogens with zero attached hydrogens (tertiary/aromatic N) is 5. The predicted octanol–water partition coefficient (Wildman–Crippen LogP) is 1.65. The molecule has 1 fully saturated rings. The monoisotopic (exact) mass is 388 g/mol. The van der Waals surface area contributed by atoms with Crippen LogP contribution in [0.1, 0.15) is 29.0 Å². The molecule has 1 atom stereocenters. The Morgan fingerprint density at radius 1 is 1.32 bits per heavy atom. The first-order chi connectivity index (χ1) is 13.4. The van der Waals surface area contributed by atoms with Gasteiger partial charge in [-0.1, -0.05) is 5.21 Å². The fourth-order valence-corrected chi connectivity index (χ4v) is 3.55. The van der Waals surface area contributed by atoms with Crippen LogP contribution >= 0.6 is 0 Å². The molecule has 1 aromatic carbocycles. The molecule has 4 rings (SSSR count). The molecule has 1 aliphatic heterocycles. The van der Waals surface area contributed by atoms with E-state index in [2.05, 4.69) is 20.3 Å². The number of hydrogen-bond acceptors (Lipinski definition) is 5. The number of aromatic nitrogens is 5. The zero-order chi connectivity index (χ0) is 19.8. The van der Waals surface area contributed by atoms with Gasteiger partial charge >= 0.3 is 0 Å². The van der Waals surface area contributed by atoms with Gasteiger partial charge in [0.2, 0.25) is 0 Å². The maximum absolute atomic E-state index is 13.4. The summed E-state index contributed by atoms with van der Waals surface area (Å²) in [7, 11) is 0. The van der Waals surface area contributed by atoms with Crippen molar-refractivity contribution in [2.75, 3.05) is 13.1 Å². The van der Waals surface area contributed by atoms with Gasteiger partial charge in [-0.05, 0) is 43.9 Å². The second-order valence-corrected chi connectivity index (χ2v) is 6.98. The summed E-state index contributed by atoms with van der Waals surface area (Å²) in [5.41, 5.74) is 0.364. The summed E-state index contributed by atoms with van der Waals surface area (Å²) in [6.45, 7) is 3.12. The van der Waals surface area contributed by atoms with Crippen molar-refractivity contribution in [3.05, 3.63) is 51.6 Å². The summed E-state index contributed by atoms with van der Waals surface area (Å²) in [5.74, 6) is -1.81. The topological polar surface area (TPSA) is 96.8 Å². The lowest BCUT2D eigenvalue weighted by molar-refractivity contribution is 0.0659. The summed E-state index contributed by atoms with van der Waals surface area (Å²) in [4.78, 5) is 33.1. The van der Waals surface area contributed by atoms with Crippen LogP contribution in [0.5, 0.6) is 0 Å². The molecule has 3 aromatic rings.